The third-order valence-corrected chi connectivity index (χ3v) is 18.3. The van der Waals surface area contributed by atoms with E-state index < -0.39 is 97.5 Å². The average molecular weight is 1420 g/mol. The molecule has 0 heterocycles. The van der Waals surface area contributed by atoms with E-state index in [1.54, 1.807) is 0 Å². The van der Waals surface area contributed by atoms with Crippen LogP contribution in [-0.2, 0) is 65.4 Å². The van der Waals surface area contributed by atoms with E-state index in [1.165, 1.54) is 122 Å². The lowest BCUT2D eigenvalue weighted by atomic mass is 10.0. The van der Waals surface area contributed by atoms with Gasteiger partial charge in [-0.25, -0.2) is 9.13 Å². The first kappa shape index (κ1) is 94.2. The monoisotopic (exact) mass is 1420 g/mol. The molecule has 0 radical (unpaired) electrons. The summed E-state index contributed by atoms with van der Waals surface area (Å²) in [6.45, 7) is 4.69. The first-order chi connectivity index (χ1) is 47.7. The van der Waals surface area contributed by atoms with Crippen molar-refractivity contribution in [3.63, 3.8) is 0 Å². The van der Waals surface area contributed by atoms with Crippen molar-refractivity contribution >= 4 is 39.5 Å². The Balaban J connectivity index is 5.35. The molecule has 0 amide bonds. The summed E-state index contributed by atoms with van der Waals surface area (Å²) < 4.78 is 68.4. The Bertz CT molecular complexity index is 2190. The topological polar surface area (TPSA) is 237 Å². The molecule has 17 nitrogen and oxygen atoms in total. The van der Waals surface area contributed by atoms with E-state index in [0.29, 0.717) is 32.1 Å². The molecule has 3 N–H and O–H groups in total. The van der Waals surface area contributed by atoms with E-state index in [4.69, 9.17) is 37.0 Å². The molecule has 0 aromatic rings. The number of phosphoric acid groups is 2. The zero-order valence-electron chi connectivity index (χ0n) is 62.0. The van der Waals surface area contributed by atoms with Crippen molar-refractivity contribution in [2.75, 3.05) is 39.6 Å². The van der Waals surface area contributed by atoms with E-state index >= 15 is 0 Å². The van der Waals surface area contributed by atoms with E-state index in [0.717, 1.165) is 128 Å². The number of hydrogen-bond donors (Lipinski definition) is 3. The van der Waals surface area contributed by atoms with E-state index in [2.05, 4.69) is 101 Å². The first-order valence-electron chi connectivity index (χ1n) is 38.8. The molecule has 0 aromatic heterocycles. The number of unbranched alkanes of at least 4 members (excludes halogenated alkanes) is 33. The van der Waals surface area contributed by atoms with Gasteiger partial charge >= 0.3 is 39.5 Å². The molecule has 568 valence electrons. The fraction of sp³-hybridized carbons (Fsp3) is 0.772. The molecule has 98 heavy (non-hydrogen) atoms. The van der Waals surface area contributed by atoms with Crippen LogP contribution in [0.5, 0.6) is 0 Å². The highest BCUT2D eigenvalue weighted by atomic mass is 31.2. The van der Waals surface area contributed by atoms with Crippen LogP contribution in [0.1, 0.15) is 336 Å². The predicted octanol–water partition coefficient (Wildman–Crippen LogP) is 22.2. The van der Waals surface area contributed by atoms with Crippen LogP contribution >= 0.6 is 15.6 Å². The second-order valence-electron chi connectivity index (χ2n) is 25.9. The molecular formula is C79H140O17P2. The maximum Gasteiger partial charge on any atom is 0.472 e. The van der Waals surface area contributed by atoms with Crippen molar-refractivity contribution in [2.45, 2.75) is 354 Å². The molecule has 19 heteroatoms. The van der Waals surface area contributed by atoms with Crippen molar-refractivity contribution in [1.29, 1.82) is 0 Å². The second-order valence-corrected chi connectivity index (χ2v) is 28.8. The quantitative estimate of drug-likeness (QED) is 0.0169. The van der Waals surface area contributed by atoms with Gasteiger partial charge in [0.2, 0.25) is 0 Å². The van der Waals surface area contributed by atoms with Gasteiger partial charge in [0.25, 0.3) is 0 Å². The molecule has 0 aliphatic carbocycles. The number of aliphatic hydroxyl groups excluding tert-OH is 1. The summed E-state index contributed by atoms with van der Waals surface area (Å²) in [5.74, 6) is -2.23. The number of carbonyl (C=O) groups is 4. The minimum Gasteiger partial charge on any atom is -0.462 e. The number of allylic oxidation sites excluding steroid dienone is 14. The van der Waals surface area contributed by atoms with Gasteiger partial charge in [0.05, 0.1) is 26.4 Å². The molecule has 0 saturated carbocycles. The SMILES string of the molecule is CC/C=C\C/C=C\C/C=C\C/C=C\C/C=C\CCCC(=O)OCC(COP(=O)(O)OCC(O)COP(=O)(O)OCC(COC(=O)CCCCCCC/C=C\C/C=C\CCCCC)OC(=O)CCCCCCCCCCCCCCCCC)OC(=O)CCCCCCCCCCCCC. The number of carbonyl (C=O) groups excluding carboxylic acids is 4. The van der Waals surface area contributed by atoms with Gasteiger partial charge < -0.3 is 33.8 Å². The van der Waals surface area contributed by atoms with Gasteiger partial charge in [-0.3, -0.25) is 37.3 Å². The van der Waals surface area contributed by atoms with Crippen molar-refractivity contribution in [2.24, 2.45) is 0 Å². The number of phosphoric ester groups is 2. The van der Waals surface area contributed by atoms with Gasteiger partial charge in [0, 0.05) is 25.7 Å². The third kappa shape index (κ3) is 70.7. The molecule has 5 unspecified atom stereocenters. The van der Waals surface area contributed by atoms with Crippen LogP contribution in [-0.4, -0.2) is 96.7 Å². The summed E-state index contributed by atoms with van der Waals surface area (Å²) in [5.41, 5.74) is 0. The van der Waals surface area contributed by atoms with Crippen molar-refractivity contribution in [1.82, 2.24) is 0 Å². The molecular weight excluding hydrogens is 1280 g/mol. The van der Waals surface area contributed by atoms with Crippen molar-refractivity contribution < 1.29 is 80.2 Å². The maximum absolute atomic E-state index is 13.1. The molecule has 0 aliphatic rings. The molecule has 0 bridgehead atoms. The van der Waals surface area contributed by atoms with Crippen molar-refractivity contribution in [3.8, 4) is 0 Å². The lowest BCUT2D eigenvalue weighted by Crippen LogP contribution is -2.30. The highest BCUT2D eigenvalue weighted by molar-refractivity contribution is 7.47. The number of rotatable bonds is 73. The number of ether oxygens (including phenoxy) is 4. The summed E-state index contributed by atoms with van der Waals surface area (Å²) in [6.07, 6.45) is 72.9. The zero-order valence-corrected chi connectivity index (χ0v) is 63.7. The lowest BCUT2D eigenvalue weighted by molar-refractivity contribution is -0.161. The van der Waals surface area contributed by atoms with Crippen LogP contribution in [0, 0.1) is 0 Å². The lowest BCUT2D eigenvalue weighted by Gasteiger charge is -2.21. The van der Waals surface area contributed by atoms with Crippen molar-refractivity contribution in [3.05, 3.63) is 85.1 Å². The van der Waals surface area contributed by atoms with Crippen LogP contribution in [0.3, 0.4) is 0 Å². The Morgan fingerprint density at radius 2 is 0.541 bits per heavy atom. The Morgan fingerprint density at radius 3 is 0.878 bits per heavy atom. The summed E-state index contributed by atoms with van der Waals surface area (Å²) in [7, 11) is -9.95. The normalized spacial score (nSPS) is 14.4. The molecule has 0 rings (SSSR count). The smallest absolute Gasteiger partial charge is 0.462 e. The zero-order chi connectivity index (χ0) is 71.8. The fourth-order valence-corrected chi connectivity index (χ4v) is 12.0. The molecule has 5 atom stereocenters. The summed E-state index contributed by atoms with van der Waals surface area (Å²) in [6, 6.07) is 0. The Hall–Kier alpha value is -3.76. The number of hydrogen-bond acceptors (Lipinski definition) is 15. The second kappa shape index (κ2) is 71.6. The predicted molar refractivity (Wildman–Crippen MR) is 399 cm³/mol. The van der Waals surface area contributed by atoms with Gasteiger partial charge in [0.15, 0.2) is 12.2 Å². The highest BCUT2D eigenvalue weighted by Crippen LogP contribution is 2.45. The third-order valence-electron chi connectivity index (χ3n) is 16.4. The van der Waals surface area contributed by atoms with Gasteiger partial charge in [-0.1, -0.05) is 299 Å². The maximum atomic E-state index is 13.1. The van der Waals surface area contributed by atoms with Crippen LogP contribution < -0.4 is 0 Å². The van der Waals surface area contributed by atoms with Crippen LogP contribution in [0.2, 0.25) is 0 Å². The van der Waals surface area contributed by atoms with Gasteiger partial charge in [-0.05, 0) is 96.3 Å². The fourth-order valence-electron chi connectivity index (χ4n) is 10.5. The summed E-state index contributed by atoms with van der Waals surface area (Å²) in [5, 5.41) is 10.6. The van der Waals surface area contributed by atoms with E-state index in [-0.39, 0.29) is 25.7 Å². The summed E-state index contributed by atoms with van der Waals surface area (Å²) in [4.78, 5) is 72.8. The van der Waals surface area contributed by atoms with Gasteiger partial charge in [-0.15, -0.1) is 0 Å². The van der Waals surface area contributed by atoms with Gasteiger partial charge in [0.1, 0.15) is 19.3 Å². The summed E-state index contributed by atoms with van der Waals surface area (Å²) >= 11 is 0. The Kier molecular flexibility index (Phi) is 68.9. The molecule has 0 fully saturated rings. The van der Waals surface area contributed by atoms with E-state index in [1.807, 2.05) is 12.2 Å². The highest BCUT2D eigenvalue weighted by Gasteiger charge is 2.30. The largest absolute Gasteiger partial charge is 0.472 e. The molecule has 0 aromatic carbocycles. The minimum absolute atomic E-state index is 0.0857. The van der Waals surface area contributed by atoms with Gasteiger partial charge in [-0.2, -0.15) is 0 Å². The van der Waals surface area contributed by atoms with Crippen LogP contribution in [0.4, 0.5) is 0 Å². The van der Waals surface area contributed by atoms with Crippen LogP contribution in [0.25, 0.3) is 0 Å². The van der Waals surface area contributed by atoms with Crippen LogP contribution in [0.15, 0.2) is 85.1 Å². The standard InChI is InChI=1S/C79H140O17P2/c1-5-9-13-17-21-25-29-32-35-36-39-41-45-48-52-56-60-64-77(82)89-69-74(95-78(83)65-61-57-53-49-43-28-24-20-16-12-8-4)71-93-97(85,86)91-67-73(80)68-92-98(87,88)94-72-75(96-79(84)66-62-58-54-50-46-42-38-34-31-27-23-19-15-11-7-3)70-90-76(81)63-59-55-51-47-44-40-37-33-30-26-22-18-14-10-6-2/h9,13,21-22,25-26,32-33,35,37,39,41,48,52,73-75,80H,5-8,10-12,14-20,23-24,27-31,34,36,38,40,42-47,49-51,53-72H2,1-4H3,(H,85,86)(H,87,88)/b13-9-,25-21-,26-22-,35-32-,37-33-,41-39-,52-48-. The number of esters is 4. The molecule has 0 saturated heterocycles. The Labute approximate surface area is 595 Å². The molecule has 0 aliphatic heterocycles. The minimum atomic E-state index is -4.98. The number of aliphatic hydroxyl groups is 1. The first-order valence-corrected chi connectivity index (χ1v) is 41.8. The van der Waals surface area contributed by atoms with E-state index in [9.17, 15) is 43.2 Å². The molecule has 0 spiro atoms. The Morgan fingerprint density at radius 1 is 0.296 bits per heavy atom. The average Bonchev–Trinajstić information content (AvgIpc) is 0.986.